The van der Waals surface area contributed by atoms with E-state index in [1.807, 2.05) is 18.2 Å². The van der Waals surface area contributed by atoms with Crippen molar-refractivity contribution in [3.8, 4) is 17.2 Å². The summed E-state index contributed by atoms with van der Waals surface area (Å²) in [7, 11) is 3.25. The summed E-state index contributed by atoms with van der Waals surface area (Å²) in [6.07, 6.45) is 0.482. The van der Waals surface area contributed by atoms with Crippen LogP contribution >= 0.6 is 11.8 Å². The molecule has 0 aliphatic carbocycles. The second kappa shape index (κ2) is 7.86. The molecule has 0 spiro atoms. The van der Waals surface area contributed by atoms with Crippen LogP contribution in [0, 0.1) is 6.92 Å². The number of hydrogen-bond donors (Lipinski definition) is 1. The molecule has 1 aliphatic heterocycles. The molecule has 6 nitrogen and oxygen atoms in total. The highest BCUT2D eigenvalue weighted by molar-refractivity contribution is 7.99. The van der Waals surface area contributed by atoms with Crippen LogP contribution < -0.4 is 15.1 Å². The van der Waals surface area contributed by atoms with Crippen molar-refractivity contribution in [3.05, 3.63) is 51.6 Å². The normalized spacial score (nSPS) is 17.3. The van der Waals surface area contributed by atoms with E-state index < -0.39 is 5.63 Å². The van der Waals surface area contributed by atoms with Gasteiger partial charge in [-0.2, -0.15) is 11.8 Å². The fourth-order valence-electron chi connectivity index (χ4n) is 3.01. The molecule has 2 heterocycles. The van der Waals surface area contributed by atoms with Crippen molar-refractivity contribution in [2.45, 2.75) is 18.6 Å². The topological polar surface area (TPSA) is 81.3 Å². The van der Waals surface area contributed by atoms with Gasteiger partial charge in [0.1, 0.15) is 28.6 Å². The summed E-state index contributed by atoms with van der Waals surface area (Å²) in [4.78, 5) is 16.8. The molecule has 0 fully saturated rings. The molecule has 0 radical (unpaired) electrons. The average molecular weight is 375 g/mol. The van der Waals surface area contributed by atoms with E-state index in [1.165, 1.54) is 6.07 Å². The van der Waals surface area contributed by atoms with E-state index in [0.29, 0.717) is 24.4 Å². The molecule has 7 heteroatoms. The maximum absolute atomic E-state index is 12.3. The Morgan fingerprint density at radius 1 is 1.27 bits per heavy atom. The number of benzene rings is 1. The summed E-state index contributed by atoms with van der Waals surface area (Å²) in [5, 5.41) is 10.3. The predicted molar refractivity (Wildman–Crippen MR) is 102 cm³/mol. The Labute approximate surface area is 155 Å². The Bertz CT molecular complexity index is 890. The van der Waals surface area contributed by atoms with Crippen LogP contribution in [0.25, 0.3) is 0 Å². The third kappa shape index (κ3) is 3.72. The molecule has 2 aromatic rings. The van der Waals surface area contributed by atoms with Crippen LogP contribution in [0.3, 0.4) is 0 Å². The summed E-state index contributed by atoms with van der Waals surface area (Å²) in [6, 6.07) is 7.10. The molecule has 1 aromatic carbocycles. The van der Waals surface area contributed by atoms with Gasteiger partial charge in [0.15, 0.2) is 0 Å². The van der Waals surface area contributed by atoms with Gasteiger partial charge in [0, 0.05) is 35.6 Å². The quantitative estimate of drug-likeness (QED) is 0.883. The number of rotatable bonds is 4. The van der Waals surface area contributed by atoms with E-state index in [0.717, 1.165) is 22.8 Å². The Morgan fingerprint density at radius 2 is 2.08 bits per heavy atom. The van der Waals surface area contributed by atoms with E-state index in [-0.39, 0.29) is 16.6 Å². The highest BCUT2D eigenvalue weighted by Crippen LogP contribution is 2.41. The van der Waals surface area contributed by atoms with Crippen LogP contribution in [0.5, 0.6) is 17.2 Å². The molecule has 3 rings (SSSR count). The van der Waals surface area contributed by atoms with Gasteiger partial charge in [0.25, 0.3) is 0 Å². The Kier molecular flexibility index (Phi) is 5.56. The molecular weight excluding hydrogens is 354 g/mol. The Morgan fingerprint density at radius 3 is 2.77 bits per heavy atom. The smallest absolute Gasteiger partial charge is 0.348 e. The van der Waals surface area contributed by atoms with Gasteiger partial charge in [-0.05, 0) is 25.1 Å². The lowest BCUT2D eigenvalue weighted by atomic mass is 10.0. The molecule has 1 aliphatic rings. The van der Waals surface area contributed by atoms with Crippen LogP contribution in [0.2, 0.25) is 0 Å². The molecule has 1 aromatic heterocycles. The molecule has 0 bridgehead atoms. The first-order valence-corrected chi connectivity index (χ1v) is 9.29. The van der Waals surface area contributed by atoms with E-state index in [2.05, 4.69) is 4.99 Å². The Hall–Kier alpha value is -2.41. The SMILES string of the molecule is COc1ccc(OC)c(C2CC(c3c(O)cc(C)oc3=O)=NCCS2)c1. The van der Waals surface area contributed by atoms with Gasteiger partial charge in [-0.25, -0.2) is 4.79 Å². The first-order chi connectivity index (χ1) is 12.5. The molecule has 138 valence electrons. The van der Waals surface area contributed by atoms with Crippen molar-refractivity contribution in [3.63, 3.8) is 0 Å². The zero-order chi connectivity index (χ0) is 18.7. The second-order valence-electron chi connectivity index (χ2n) is 5.90. The lowest BCUT2D eigenvalue weighted by molar-refractivity contribution is 0.398. The Balaban J connectivity index is 2.01. The maximum Gasteiger partial charge on any atom is 0.348 e. The van der Waals surface area contributed by atoms with Crippen LogP contribution in [0.15, 0.2) is 38.5 Å². The van der Waals surface area contributed by atoms with E-state index >= 15 is 0 Å². The van der Waals surface area contributed by atoms with Gasteiger partial charge in [0.05, 0.1) is 19.9 Å². The largest absolute Gasteiger partial charge is 0.507 e. The number of nitrogens with zero attached hydrogens (tertiary/aromatic N) is 1. The fraction of sp³-hybridized carbons (Fsp3) is 0.368. The average Bonchev–Trinajstić information content (AvgIpc) is 2.86. The van der Waals surface area contributed by atoms with Gasteiger partial charge in [-0.1, -0.05) is 0 Å². The maximum atomic E-state index is 12.3. The lowest BCUT2D eigenvalue weighted by Gasteiger charge is -2.19. The summed E-state index contributed by atoms with van der Waals surface area (Å²) in [5.41, 5.74) is 1.10. The number of aryl methyl sites for hydroxylation is 1. The fourth-order valence-corrected chi connectivity index (χ4v) is 4.13. The van der Waals surface area contributed by atoms with Crippen molar-refractivity contribution in [1.82, 2.24) is 0 Å². The molecule has 1 atom stereocenters. The van der Waals surface area contributed by atoms with E-state index in [1.54, 1.807) is 32.9 Å². The molecule has 1 N–H and O–H groups in total. The van der Waals surface area contributed by atoms with Crippen molar-refractivity contribution < 1.29 is 19.0 Å². The summed E-state index contributed by atoms with van der Waals surface area (Å²) in [5.74, 6) is 2.56. The lowest BCUT2D eigenvalue weighted by Crippen LogP contribution is -2.17. The number of hydrogen-bond acceptors (Lipinski definition) is 7. The highest BCUT2D eigenvalue weighted by Gasteiger charge is 2.26. The third-order valence-corrected chi connectivity index (χ3v) is 5.46. The van der Waals surface area contributed by atoms with Crippen molar-refractivity contribution >= 4 is 17.5 Å². The van der Waals surface area contributed by atoms with Gasteiger partial charge in [-0.3, -0.25) is 4.99 Å². The first kappa shape index (κ1) is 18.4. The number of aromatic hydroxyl groups is 1. The van der Waals surface area contributed by atoms with E-state index in [9.17, 15) is 9.90 Å². The zero-order valence-electron chi connectivity index (χ0n) is 14.9. The molecule has 1 unspecified atom stereocenters. The number of aliphatic imine (C=N–C) groups is 1. The number of ether oxygens (including phenoxy) is 2. The van der Waals surface area contributed by atoms with Crippen LogP contribution in [0.1, 0.15) is 28.6 Å². The summed E-state index contributed by atoms with van der Waals surface area (Å²) in [6.45, 7) is 2.19. The molecule has 26 heavy (non-hydrogen) atoms. The first-order valence-electron chi connectivity index (χ1n) is 8.24. The molecule has 0 saturated carbocycles. The minimum atomic E-state index is -0.565. The van der Waals surface area contributed by atoms with Gasteiger partial charge in [-0.15, -0.1) is 0 Å². The predicted octanol–water partition coefficient (Wildman–Crippen LogP) is 3.34. The molecule has 0 amide bonds. The highest BCUT2D eigenvalue weighted by atomic mass is 32.2. The standard InChI is InChI=1S/C19H21NO5S/c1-11-8-15(21)18(19(22)25-11)14-10-17(26-7-6-20-14)13-9-12(23-2)4-5-16(13)24-3/h4-5,8-9,17,21H,6-7,10H2,1-3H3. The summed E-state index contributed by atoms with van der Waals surface area (Å²) >= 11 is 1.73. The zero-order valence-corrected chi connectivity index (χ0v) is 15.8. The van der Waals surface area contributed by atoms with Gasteiger partial charge < -0.3 is 19.0 Å². The van der Waals surface area contributed by atoms with Crippen molar-refractivity contribution in [2.75, 3.05) is 26.5 Å². The summed E-state index contributed by atoms with van der Waals surface area (Å²) < 4.78 is 16.0. The third-order valence-electron chi connectivity index (χ3n) is 4.22. The van der Waals surface area contributed by atoms with Gasteiger partial charge in [0.2, 0.25) is 0 Å². The van der Waals surface area contributed by atoms with E-state index in [4.69, 9.17) is 13.9 Å². The molecule has 0 saturated heterocycles. The van der Waals surface area contributed by atoms with Gasteiger partial charge >= 0.3 is 5.63 Å². The van der Waals surface area contributed by atoms with Crippen LogP contribution in [-0.2, 0) is 0 Å². The number of thioether (sulfide) groups is 1. The van der Waals surface area contributed by atoms with Crippen molar-refractivity contribution in [2.24, 2.45) is 4.99 Å². The van der Waals surface area contributed by atoms with Crippen LogP contribution in [0.4, 0.5) is 0 Å². The minimum absolute atomic E-state index is 0.0152. The van der Waals surface area contributed by atoms with Crippen LogP contribution in [-0.4, -0.2) is 37.3 Å². The molecular formula is C19H21NO5S. The second-order valence-corrected chi connectivity index (χ2v) is 7.22. The minimum Gasteiger partial charge on any atom is -0.507 e. The number of methoxy groups -OCH3 is 2. The van der Waals surface area contributed by atoms with Crippen molar-refractivity contribution in [1.29, 1.82) is 0 Å². The monoisotopic (exact) mass is 375 g/mol.